The summed E-state index contributed by atoms with van der Waals surface area (Å²) in [6, 6.07) is 9.72. The molecule has 0 amide bonds. The molecular formula is C13H9BrClNO2. The van der Waals surface area contributed by atoms with Crippen LogP contribution in [0.1, 0.15) is 5.56 Å². The molecule has 0 saturated carbocycles. The number of halogens is 2. The third kappa shape index (κ3) is 3.03. The van der Waals surface area contributed by atoms with E-state index in [1.54, 1.807) is 30.3 Å². The number of hydrogen-bond donors (Lipinski definition) is 2. The Hall–Kier alpha value is -1.52. The summed E-state index contributed by atoms with van der Waals surface area (Å²) in [5.74, 6) is 0.212. The summed E-state index contributed by atoms with van der Waals surface area (Å²) in [6.45, 7) is 0. The van der Waals surface area contributed by atoms with Crippen molar-refractivity contribution < 1.29 is 10.2 Å². The molecule has 0 heterocycles. The maximum absolute atomic E-state index is 9.81. The smallest absolute Gasteiger partial charge is 0.138 e. The van der Waals surface area contributed by atoms with Gasteiger partial charge in [-0.05, 0) is 40.2 Å². The van der Waals surface area contributed by atoms with Crippen LogP contribution >= 0.6 is 27.5 Å². The lowest BCUT2D eigenvalue weighted by atomic mass is 10.2. The van der Waals surface area contributed by atoms with Gasteiger partial charge in [-0.1, -0.05) is 17.7 Å². The normalized spacial score (nSPS) is 11.0. The van der Waals surface area contributed by atoms with Crippen LogP contribution in [0.25, 0.3) is 0 Å². The molecule has 2 N–H and O–H groups in total. The number of phenols is 2. The van der Waals surface area contributed by atoms with Gasteiger partial charge in [0.15, 0.2) is 0 Å². The minimum atomic E-state index is 0.0725. The van der Waals surface area contributed by atoms with Gasteiger partial charge in [-0.2, -0.15) is 0 Å². The first-order valence-corrected chi connectivity index (χ1v) is 6.24. The Morgan fingerprint density at radius 3 is 2.67 bits per heavy atom. The predicted molar refractivity (Wildman–Crippen MR) is 76.2 cm³/mol. The summed E-state index contributed by atoms with van der Waals surface area (Å²) in [6.07, 6.45) is 1.49. The van der Waals surface area contributed by atoms with Gasteiger partial charge < -0.3 is 10.2 Å². The van der Waals surface area contributed by atoms with Gasteiger partial charge in [0.1, 0.15) is 11.5 Å². The summed E-state index contributed by atoms with van der Waals surface area (Å²) in [5, 5.41) is 19.6. The molecule has 18 heavy (non-hydrogen) atoms. The van der Waals surface area contributed by atoms with E-state index in [-0.39, 0.29) is 11.5 Å². The molecule has 0 unspecified atom stereocenters. The van der Waals surface area contributed by atoms with Crippen molar-refractivity contribution in [2.45, 2.75) is 0 Å². The van der Waals surface area contributed by atoms with Crippen LogP contribution in [-0.2, 0) is 0 Å². The number of aliphatic imine (C=N–C) groups is 1. The Bertz CT molecular complexity index is 614. The second-order valence-electron chi connectivity index (χ2n) is 3.60. The van der Waals surface area contributed by atoms with Crippen molar-refractivity contribution >= 4 is 39.4 Å². The van der Waals surface area contributed by atoms with Crippen LogP contribution in [0, 0.1) is 0 Å². The van der Waals surface area contributed by atoms with Crippen molar-refractivity contribution in [2.75, 3.05) is 0 Å². The molecule has 3 nitrogen and oxygen atoms in total. The van der Waals surface area contributed by atoms with Gasteiger partial charge in [-0.3, -0.25) is 4.99 Å². The lowest BCUT2D eigenvalue weighted by Crippen LogP contribution is -1.84. The monoisotopic (exact) mass is 325 g/mol. The molecule has 0 fully saturated rings. The molecule has 2 rings (SSSR count). The highest BCUT2D eigenvalue weighted by Crippen LogP contribution is 2.30. The Morgan fingerprint density at radius 1 is 1.17 bits per heavy atom. The van der Waals surface area contributed by atoms with Gasteiger partial charge in [-0.15, -0.1) is 0 Å². The second kappa shape index (κ2) is 5.42. The van der Waals surface area contributed by atoms with Gasteiger partial charge in [0.25, 0.3) is 0 Å². The van der Waals surface area contributed by atoms with E-state index in [2.05, 4.69) is 20.9 Å². The number of benzene rings is 2. The van der Waals surface area contributed by atoms with Crippen LogP contribution in [0.2, 0.25) is 5.02 Å². The van der Waals surface area contributed by atoms with E-state index in [1.807, 2.05) is 0 Å². The highest BCUT2D eigenvalue weighted by molar-refractivity contribution is 9.10. The molecule has 0 spiro atoms. The van der Waals surface area contributed by atoms with E-state index < -0.39 is 0 Å². The van der Waals surface area contributed by atoms with E-state index in [9.17, 15) is 10.2 Å². The van der Waals surface area contributed by atoms with E-state index in [1.165, 1.54) is 12.3 Å². The third-order valence-electron chi connectivity index (χ3n) is 2.24. The van der Waals surface area contributed by atoms with Crippen molar-refractivity contribution in [3.05, 3.63) is 51.5 Å². The molecule has 0 aliphatic carbocycles. The summed E-state index contributed by atoms with van der Waals surface area (Å²) in [5.41, 5.74) is 1.09. The molecule has 0 bridgehead atoms. The SMILES string of the molecule is Oc1cccc(N=Cc2cc(Cl)cc(Br)c2O)c1. The standard InChI is InChI=1S/C13H9BrClNO2/c14-12-5-9(15)4-8(13(12)18)7-16-10-2-1-3-11(17)6-10/h1-7,17-18H. The maximum atomic E-state index is 9.81. The van der Waals surface area contributed by atoms with Gasteiger partial charge in [0, 0.05) is 22.9 Å². The van der Waals surface area contributed by atoms with Crippen LogP contribution in [0.3, 0.4) is 0 Å². The molecule has 0 aliphatic heterocycles. The first-order chi connectivity index (χ1) is 8.56. The minimum Gasteiger partial charge on any atom is -0.508 e. The van der Waals surface area contributed by atoms with Gasteiger partial charge in [0.05, 0.1) is 10.2 Å². The molecule has 0 aromatic heterocycles. The van der Waals surface area contributed by atoms with Crippen molar-refractivity contribution in [3.63, 3.8) is 0 Å². The summed E-state index contributed by atoms with van der Waals surface area (Å²) < 4.78 is 0.507. The Balaban J connectivity index is 2.34. The Morgan fingerprint density at radius 2 is 1.94 bits per heavy atom. The van der Waals surface area contributed by atoms with E-state index in [0.29, 0.717) is 20.7 Å². The predicted octanol–water partition coefficient (Wildman–Crippen LogP) is 4.26. The molecular weight excluding hydrogens is 318 g/mol. The van der Waals surface area contributed by atoms with E-state index >= 15 is 0 Å². The fourth-order valence-electron chi connectivity index (χ4n) is 1.40. The molecule has 0 radical (unpaired) electrons. The lowest BCUT2D eigenvalue weighted by Gasteiger charge is -2.02. The fourth-order valence-corrected chi connectivity index (χ4v) is 2.24. The Kier molecular flexibility index (Phi) is 3.89. The molecule has 0 saturated heterocycles. The third-order valence-corrected chi connectivity index (χ3v) is 3.06. The highest BCUT2D eigenvalue weighted by atomic mass is 79.9. The molecule has 2 aromatic rings. The van der Waals surface area contributed by atoms with Crippen LogP contribution in [-0.4, -0.2) is 16.4 Å². The van der Waals surface area contributed by atoms with Crippen molar-refractivity contribution in [1.82, 2.24) is 0 Å². The molecule has 0 aliphatic rings. The number of aromatic hydroxyl groups is 2. The highest BCUT2D eigenvalue weighted by Gasteiger charge is 2.05. The van der Waals surface area contributed by atoms with Crippen LogP contribution < -0.4 is 0 Å². The van der Waals surface area contributed by atoms with Gasteiger partial charge in [0.2, 0.25) is 0 Å². The summed E-state index contributed by atoms with van der Waals surface area (Å²) >= 11 is 9.08. The Labute approximate surface area is 118 Å². The lowest BCUT2D eigenvalue weighted by molar-refractivity contribution is 0.471. The fraction of sp³-hybridized carbons (Fsp3) is 0. The first-order valence-electron chi connectivity index (χ1n) is 5.07. The largest absolute Gasteiger partial charge is 0.508 e. The van der Waals surface area contributed by atoms with Crippen molar-refractivity contribution in [3.8, 4) is 11.5 Å². The van der Waals surface area contributed by atoms with E-state index in [4.69, 9.17) is 11.6 Å². The summed E-state index contributed by atoms with van der Waals surface area (Å²) in [7, 11) is 0. The molecule has 2 aromatic carbocycles. The minimum absolute atomic E-state index is 0.0725. The molecule has 0 atom stereocenters. The zero-order valence-electron chi connectivity index (χ0n) is 9.14. The van der Waals surface area contributed by atoms with Crippen LogP contribution in [0.5, 0.6) is 11.5 Å². The number of hydrogen-bond acceptors (Lipinski definition) is 3. The van der Waals surface area contributed by atoms with Gasteiger partial charge in [-0.25, -0.2) is 0 Å². The van der Waals surface area contributed by atoms with E-state index in [0.717, 1.165) is 0 Å². The van der Waals surface area contributed by atoms with Crippen molar-refractivity contribution in [2.24, 2.45) is 4.99 Å². The number of nitrogens with zero attached hydrogens (tertiary/aromatic N) is 1. The molecule has 92 valence electrons. The van der Waals surface area contributed by atoms with Crippen LogP contribution in [0.15, 0.2) is 45.9 Å². The molecule has 5 heteroatoms. The summed E-state index contributed by atoms with van der Waals surface area (Å²) in [4.78, 5) is 4.16. The topological polar surface area (TPSA) is 52.8 Å². The average molecular weight is 327 g/mol. The van der Waals surface area contributed by atoms with Crippen molar-refractivity contribution in [1.29, 1.82) is 0 Å². The zero-order valence-corrected chi connectivity index (χ0v) is 11.5. The van der Waals surface area contributed by atoms with Gasteiger partial charge >= 0.3 is 0 Å². The zero-order chi connectivity index (χ0) is 13.1. The quantitative estimate of drug-likeness (QED) is 0.810. The number of rotatable bonds is 2. The average Bonchev–Trinajstić information content (AvgIpc) is 2.32. The second-order valence-corrected chi connectivity index (χ2v) is 4.89. The number of phenolic OH excluding ortho intramolecular Hbond substituents is 2. The van der Waals surface area contributed by atoms with Crippen LogP contribution in [0.4, 0.5) is 5.69 Å². The first kappa shape index (κ1) is 12.9. The maximum Gasteiger partial charge on any atom is 0.138 e.